The molecule has 0 bridgehead atoms. The summed E-state index contributed by atoms with van der Waals surface area (Å²) in [7, 11) is 0. The van der Waals surface area contributed by atoms with Gasteiger partial charge in [0, 0.05) is 18.8 Å². The average Bonchev–Trinajstić information content (AvgIpc) is 2.32. The molecule has 0 heterocycles. The Labute approximate surface area is 99.3 Å². The first kappa shape index (κ1) is 14.9. The van der Waals surface area contributed by atoms with Crippen molar-refractivity contribution in [2.24, 2.45) is 0 Å². The van der Waals surface area contributed by atoms with Crippen LogP contribution in [0.25, 0.3) is 0 Å². The number of hydrogen-bond acceptors (Lipinski definition) is 1. The van der Waals surface area contributed by atoms with E-state index in [1.54, 1.807) is 0 Å². The molecule has 0 spiro atoms. The Morgan fingerprint density at radius 2 is 1.38 bits per heavy atom. The van der Waals surface area contributed by atoms with Crippen LogP contribution in [-0.2, 0) is 0 Å². The SMILES string of the molecule is CC.CCCN(CCC)c1ccc(F)cc1. The molecule has 16 heavy (non-hydrogen) atoms. The predicted octanol–water partition coefficient (Wildman–Crippen LogP) is 4.48. The number of anilines is 1. The summed E-state index contributed by atoms with van der Waals surface area (Å²) in [6.45, 7) is 10.4. The molecule has 1 nitrogen and oxygen atoms in total. The Morgan fingerprint density at radius 1 is 0.938 bits per heavy atom. The van der Waals surface area contributed by atoms with E-state index in [2.05, 4.69) is 18.7 Å². The van der Waals surface area contributed by atoms with E-state index in [4.69, 9.17) is 0 Å². The van der Waals surface area contributed by atoms with Gasteiger partial charge in [0.05, 0.1) is 0 Å². The Morgan fingerprint density at radius 3 is 1.75 bits per heavy atom. The van der Waals surface area contributed by atoms with Crippen molar-refractivity contribution in [2.45, 2.75) is 40.5 Å². The molecule has 1 aromatic rings. The molecule has 0 radical (unpaired) electrons. The zero-order valence-corrected chi connectivity index (χ0v) is 11.0. The highest BCUT2D eigenvalue weighted by atomic mass is 19.1. The molecule has 0 fully saturated rings. The number of nitrogens with zero attached hydrogens (tertiary/aromatic N) is 1. The molecule has 0 unspecified atom stereocenters. The van der Waals surface area contributed by atoms with Crippen molar-refractivity contribution >= 4 is 5.69 Å². The maximum atomic E-state index is 12.7. The van der Waals surface area contributed by atoms with Crippen LogP contribution in [0.1, 0.15) is 40.5 Å². The van der Waals surface area contributed by atoms with E-state index in [1.807, 2.05) is 26.0 Å². The second-order valence-corrected chi connectivity index (χ2v) is 3.46. The first-order chi connectivity index (χ1) is 7.77. The van der Waals surface area contributed by atoms with Crippen LogP contribution >= 0.6 is 0 Å². The smallest absolute Gasteiger partial charge is 0.123 e. The van der Waals surface area contributed by atoms with Gasteiger partial charge >= 0.3 is 0 Å². The Kier molecular flexibility index (Phi) is 8.59. The fraction of sp³-hybridized carbons (Fsp3) is 0.571. The Balaban J connectivity index is 0.00000106. The largest absolute Gasteiger partial charge is 0.372 e. The van der Waals surface area contributed by atoms with Crippen LogP contribution in [0, 0.1) is 5.82 Å². The molecular weight excluding hydrogens is 201 g/mol. The average molecular weight is 225 g/mol. The summed E-state index contributed by atoms with van der Waals surface area (Å²) in [5.41, 5.74) is 1.12. The third kappa shape index (κ3) is 5.15. The topological polar surface area (TPSA) is 3.24 Å². The van der Waals surface area contributed by atoms with Crippen molar-refractivity contribution in [1.29, 1.82) is 0 Å². The van der Waals surface area contributed by atoms with Gasteiger partial charge in [-0.25, -0.2) is 4.39 Å². The number of halogens is 1. The van der Waals surface area contributed by atoms with Crippen LogP contribution in [0.2, 0.25) is 0 Å². The first-order valence-corrected chi connectivity index (χ1v) is 6.28. The number of rotatable bonds is 5. The number of benzene rings is 1. The Hall–Kier alpha value is -1.05. The quantitative estimate of drug-likeness (QED) is 0.714. The predicted molar refractivity (Wildman–Crippen MR) is 70.5 cm³/mol. The highest BCUT2D eigenvalue weighted by Crippen LogP contribution is 2.15. The van der Waals surface area contributed by atoms with E-state index in [0.717, 1.165) is 31.6 Å². The normalized spacial score (nSPS) is 9.31. The minimum absolute atomic E-state index is 0.165. The number of hydrogen-bond donors (Lipinski definition) is 0. The summed E-state index contributed by atoms with van der Waals surface area (Å²) in [4.78, 5) is 2.29. The van der Waals surface area contributed by atoms with Crippen molar-refractivity contribution in [1.82, 2.24) is 0 Å². The van der Waals surface area contributed by atoms with Crippen LogP contribution in [0.15, 0.2) is 24.3 Å². The summed E-state index contributed by atoms with van der Waals surface area (Å²) >= 11 is 0. The maximum Gasteiger partial charge on any atom is 0.123 e. The highest BCUT2D eigenvalue weighted by Gasteiger charge is 2.03. The maximum absolute atomic E-state index is 12.7. The summed E-state index contributed by atoms with van der Waals surface area (Å²) < 4.78 is 12.7. The van der Waals surface area contributed by atoms with E-state index < -0.39 is 0 Å². The molecule has 1 rings (SSSR count). The molecule has 0 aliphatic carbocycles. The van der Waals surface area contributed by atoms with E-state index in [0.29, 0.717) is 0 Å². The summed E-state index contributed by atoms with van der Waals surface area (Å²) in [5, 5.41) is 0. The third-order valence-corrected chi connectivity index (χ3v) is 2.18. The van der Waals surface area contributed by atoms with E-state index >= 15 is 0 Å². The van der Waals surface area contributed by atoms with Crippen LogP contribution in [0.3, 0.4) is 0 Å². The standard InChI is InChI=1S/C12H18FN.C2H6/c1-3-9-14(10-4-2)12-7-5-11(13)6-8-12;1-2/h5-8H,3-4,9-10H2,1-2H3;1-2H3. The summed E-state index contributed by atoms with van der Waals surface area (Å²) in [6, 6.07) is 6.74. The van der Waals surface area contributed by atoms with Gasteiger partial charge in [0.1, 0.15) is 5.82 Å². The lowest BCUT2D eigenvalue weighted by Gasteiger charge is -2.23. The minimum atomic E-state index is -0.165. The summed E-state index contributed by atoms with van der Waals surface area (Å²) in [5.74, 6) is -0.165. The molecule has 0 saturated heterocycles. The fourth-order valence-electron chi connectivity index (χ4n) is 1.56. The zero-order chi connectivity index (χ0) is 12.4. The lowest BCUT2D eigenvalue weighted by atomic mass is 10.2. The molecule has 1 aromatic carbocycles. The molecule has 92 valence electrons. The summed E-state index contributed by atoms with van der Waals surface area (Å²) in [6.07, 6.45) is 2.24. The molecule has 0 atom stereocenters. The van der Waals surface area contributed by atoms with Crippen LogP contribution in [0.5, 0.6) is 0 Å². The van der Waals surface area contributed by atoms with Crippen molar-refractivity contribution in [3.63, 3.8) is 0 Å². The van der Waals surface area contributed by atoms with Gasteiger partial charge in [-0.05, 0) is 37.1 Å². The molecule has 0 aliphatic rings. The van der Waals surface area contributed by atoms with Gasteiger partial charge in [-0.15, -0.1) is 0 Å². The van der Waals surface area contributed by atoms with Gasteiger partial charge in [-0.1, -0.05) is 27.7 Å². The van der Waals surface area contributed by atoms with Gasteiger partial charge in [-0.3, -0.25) is 0 Å². The zero-order valence-electron chi connectivity index (χ0n) is 11.0. The van der Waals surface area contributed by atoms with Crippen molar-refractivity contribution in [3.8, 4) is 0 Å². The molecule has 0 aromatic heterocycles. The van der Waals surface area contributed by atoms with Gasteiger partial charge in [0.25, 0.3) is 0 Å². The van der Waals surface area contributed by atoms with Crippen molar-refractivity contribution in [2.75, 3.05) is 18.0 Å². The van der Waals surface area contributed by atoms with Crippen LogP contribution in [0.4, 0.5) is 10.1 Å². The fourth-order valence-corrected chi connectivity index (χ4v) is 1.56. The minimum Gasteiger partial charge on any atom is -0.372 e. The molecular formula is C14H24FN. The molecule has 0 amide bonds. The first-order valence-electron chi connectivity index (χ1n) is 6.28. The monoisotopic (exact) mass is 225 g/mol. The van der Waals surface area contributed by atoms with Crippen LogP contribution < -0.4 is 4.90 Å². The van der Waals surface area contributed by atoms with Crippen molar-refractivity contribution < 1.29 is 4.39 Å². The second-order valence-electron chi connectivity index (χ2n) is 3.46. The molecule has 0 aliphatic heterocycles. The van der Waals surface area contributed by atoms with Crippen LogP contribution in [-0.4, -0.2) is 13.1 Å². The van der Waals surface area contributed by atoms with Gasteiger partial charge < -0.3 is 4.90 Å². The molecule has 0 N–H and O–H groups in total. The van der Waals surface area contributed by atoms with Gasteiger partial charge in [0.2, 0.25) is 0 Å². The molecule has 0 saturated carbocycles. The van der Waals surface area contributed by atoms with E-state index in [-0.39, 0.29) is 5.82 Å². The Bertz CT molecular complexity index is 250. The third-order valence-electron chi connectivity index (χ3n) is 2.18. The molecule has 2 heteroatoms. The van der Waals surface area contributed by atoms with Gasteiger partial charge in [-0.2, -0.15) is 0 Å². The lowest BCUT2D eigenvalue weighted by Crippen LogP contribution is -2.24. The lowest BCUT2D eigenvalue weighted by molar-refractivity contribution is 0.627. The van der Waals surface area contributed by atoms with Crippen molar-refractivity contribution in [3.05, 3.63) is 30.1 Å². The van der Waals surface area contributed by atoms with E-state index in [9.17, 15) is 4.39 Å². The van der Waals surface area contributed by atoms with E-state index in [1.165, 1.54) is 12.1 Å². The van der Waals surface area contributed by atoms with Gasteiger partial charge in [0.15, 0.2) is 0 Å². The second kappa shape index (κ2) is 9.20. The highest BCUT2D eigenvalue weighted by molar-refractivity contribution is 5.46.